The van der Waals surface area contributed by atoms with Crippen molar-refractivity contribution in [1.29, 1.82) is 0 Å². The van der Waals surface area contributed by atoms with Gasteiger partial charge in [0, 0.05) is 51.9 Å². The maximum atomic E-state index is 13.8. The zero-order valence-corrected chi connectivity index (χ0v) is 15.5. The van der Waals surface area contributed by atoms with Crippen LogP contribution >= 0.6 is 0 Å². The van der Waals surface area contributed by atoms with E-state index in [-0.39, 0.29) is 5.82 Å². The number of morpholine rings is 1. The number of nitrogens with one attached hydrogen (secondary N) is 2. The Kier molecular flexibility index (Phi) is 8.11. The van der Waals surface area contributed by atoms with E-state index in [0.29, 0.717) is 18.7 Å². The number of benzene rings is 1. The number of rotatable bonds is 7. The molecule has 0 saturated carbocycles. The predicted octanol–water partition coefficient (Wildman–Crippen LogP) is 0.885. The molecule has 0 spiro atoms. The first-order chi connectivity index (χ1) is 12.1. The molecule has 7 heteroatoms. The van der Waals surface area contributed by atoms with E-state index in [1.54, 1.807) is 7.05 Å². The lowest BCUT2D eigenvalue weighted by Crippen LogP contribution is -2.44. The predicted molar refractivity (Wildman–Crippen MR) is 99.3 cm³/mol. The minimum atomic E-state index is -0.162. The molecule has 25 heavy (non-hydrogen) atoms. The molecule has 0 radical (unpaired) electrons. The maximum Gasteiger partial charge on any atom is 0.191 e. The molecule has 1 saturated heterocycles. The molecule has 0 aliphatic carbocycles. The summed E-state index contributed by atoms with van der Waals surface area (Å²) in [6.07, 6.45) is 0. The van der Waals surface area contributed by atoms with Gasteiger partial charge in [-0.3, -0.25) is 9.89 Å². The van der Waals surface area contributed by atoms with Gasteiger partial charge in [0.2, 0.25) is 0 Å². The Balaban J connectivity index is 1.78. The Hall–Kier alpha value is -1.70. The highest BCUT2D eigenvalue weighted by atomic mass is 19.1. The second kappa shape index (κ2) is 10.3. The van der Waals surface area contributed by atoms with E-state index in [4.69, 9.17) is 4.74 Å². The van der Waals surface area contributed by atoms with Crippen molar-refractivity contribution in [1.82, 2.24) is 20.4 Å². The van der Waals surface area contributed by atoms with Crippen LogP contribution in [0.2, 0.25) is 0 Å². The van der Waals surface area contributed by atoms with Crippen molar-refractivity contribution >= 4 is 5.96 Å². The minimum absolute atomic E-state index is 0.162. The van der Waals surface area contributed by atoms with E-state index in [9.17, 15) is 4.39 Å². The number of aliphatic imine (C=N–C) groups is 1. The van der Waals surface area contributed by atoms with Crippen molar-refractivity contribution in [3.05, 3.63) is 35.1 Å². The second-order valence-electron chi connectivity index (χ2n) is 6.47. The zero-order chi connectivity index (χ0) is 18.1. The van der Waals surface area contributed by atoms with Crippen molar-refractivity contribution in [2.24, 2.45) is 4.99 Å². The van der Waals surface area contributed by atoms with Gasteiger partial charge in [0.15, 0.2) is 5.96 Å². The van der Waals surface area contributed by atoms with Gasteiger partial charge in [0.1, 0.15) is 5.82 Å². The van der Waals surface area contributed by atoms with Crippen LogP contribution in [0.25, 0.3) is 0 Å². The summed E-state index contributed by atoms with van der Waals surface area (Å²) < 4.78 is 19.2. The lowest BCUT2D eigenvalue weighted by atomic mass is 10.1. The summed E-state index contributed by atoms with van der Waals surface area (Å²) in [5, 5.41) is 6.60. The number of hydrogen-bond donors (Lipinski definition) is 2. The van der Waals surface area contributed by atoms with E-state index >= 15 is 0 Å². The quantitative estimate of drug-likeness (QED) is 0.564. The van der Waals surface area contributed by atoms with Crippen molar-refractivity contribution in [2.45, 2.75) is 13.1 Å². The van der Waals surface area contributed by atoms with Crippen LogP contribution in [0, 0.1) is 5.82 Å². The molecule has 1 fully saturated rings. The number of halogens is 1. The SMILES string of the molecule is CN=C(NCCN1CCOCC1)NCc1ccc(F)c(CN(C)C)c1. The molecule has 1 aromatic carbocycles. The monoisotopic (exact) mass is 351 g/mol. The fourth-order valence-electron chi connectivity index (χ4n) is 2.76. The van der Waals surface area contributed by atoms with Gasteiger partial charge in [0.25, 0.3) is 0 Å². The summed E-state index contributed by atoms with van der Waals surface area (Å²) in [7, 11) is 5.63. The molecular formula is C18H30FN5O. The topological polar surface area (TPSA) is 52.1 Å². The number of nitrogens with zero attached hydrogens (tertiary/aromatic N) is 3. The van der Waals surface area contributed by atoms with Gasteiger partial charge in [-0.25, -0.2) is 4.39 Å². The van der Waals surface area contributed by atoms with Gasteiger partial charge < -0.3 is 20.3 Å². The van der Waals surface area contributed by atoms with Crippen molar-refractivity contribution in [2.75, 3.05) is 60.5 Å². The molecule has 0 aromatic heterocycles. The van der Waals surface area contributed by atoms with E-state index in [0.717, 1.165) is 50.9 Å². The largest absolute Gasteiger partial charge is 0.379 e. The Bertz CT molecular complexity index is 558. The standard InChI is InChI=1S/C18H30FN5O/c1-20-18(21-6-7-24-8-10-25-11-9-24)22-13-15-4-5-17(19)16(12-15)14-23(2)3/h4-5,12H,6-11,13-14H2,1-3H3,(H2,20,21,22). The first-order valence-corrected chi connectivity index (χ1v) is 8.75. The molecule has 140 valence electrons. The minimum Gasteiger partial charge on any atom is -0.379 e. The third kappa shape index (κ3) is 6.97. The summed E-state index contributed by atoms with van der Waals surface area (Å²) in [6, 6.07) is 5.25. The fraction of sp³-hybridized carbons (Fsp3) is 0.611. The average molecular weight is 351 g/mol. The van der Waals surface area contributed by atoms with Gasteiger partial charge in [0.05, 0.1) is 13.2 Å². The molecular weight excluding hydrogens is 321 g/mol. The van der Waals surface area contributed by atoms with Gasteiger partial charge in [-0.15, -0.1) is 0 Å². The van der Waals surface area contributed by atoms with Crippen LogP contribution in [0.3, 0.4) is 0 Å². The number of ether oxygens (including phenoxy) is 1. The van der Waals surface area contributed by atoms with Crippen molar-refractivity contribution in [3.8, 4) is 0 Å². The highest BCUT2D eigenvalue weighted by molar-refractivity contribution is 5.79. The summed E-state index contributed by atoms with van der Waals surface area (Å²) in [4.78, 5) is 8.58. The molecule has 1 heterocycles. The van der Waals surface area contributed by atoms with Crippen molar-refractivity contribution in [3.63, 3.8) is 0 Å². The van der Waals surface area contributed by atoms with Gasteiger partial charge >= 0.3 is 0 Å². The van der Waals surface area contributed by atoms with Crippen LogP contribution in [0.1, 0.15) is 11.1 Å². The third-order valence-electron chi connectivity index (χ3n) is 4.10. The molecule has 0 unspecified atom stereocenters. The molecule has 2 N–H and O–H groups in total. The highest BCUT2D eigenvalue weighted by Crippen LogP contribution is 2.12. The first kappa shape index (κ1) is 19.6. The van der Waals surface area contributed by atoms with E-state index in [2.05, 4.69) is 20.5 Å². The Labute approximate surface area is 150 Å². The lowest BCUT2D eigenvalue weighted by Gasteiger charge is -2.26. The summed E-state index contributed by atoms with van der Waals surface area (Å²) >= 11 is 0. The molecule has 1 aromatic rings. The van der Waals surface area contributed by atoms with Crippen LogP contribution < -0.4 is 10.6 Å². The summed E-state index contributed by atoms with van der Waals surface area (Å²) in [6.45, 7) is 6.59. The second-order valence-corrected chi connectivity index (χ2v) is 6.47. The molecule has 0 amide bonds. The lowest BCUT2D eigenvalue weighted by molar-refractivity contribution is 0.0389. The normalized spacial score (nSPS) is 16.3. The molecule has 1 aliphatic rings. The van der Waals surface area contributed by atoms with Crippen molar-refractivity contribution < 1.29 is 9.13 Å². The average Bonchev–Trinajstić information content (AvgIpc) is 2.61. The molecule has 2 rings (SSSR count). The van der Waals surface area contributed by atoms with E-state index in [1.165, 1.54) is 6.07 Å². The third-order valence-corrected chi connectivity index (χ3v) is 4.10. The number of guanidine groups is 1. The van der Waals surface area contributed by atoms with Gasteiger partial charge in [-0.2, -0.15) is 0 Å². The van der Waals surface area contributed by atoms with Crippen LogP contribution in [0.4, 0.5) is 4.39 Å². The summed E-state index contributed by atoms with van der Waals surface area (Å²) in [5.41, 5.74) is 1.74. The Morgan fingerprint density at radius 2 is 2.04 bits per heavy atom. The fourth-order valence-corrected chi connectivity index (χ4v) is 2.76. The van der Waals surface area contributed by atoms with E-state index in [1.807, 2.05) is 31.1 Å². The van der Waals surface area contributed by atoms with Gasteiger partial charge in [-0.1, -0.05) is 6.07 Å². The molecule has 1 aliphatic heterocycles. The van der Waals surface area contributed by atoms with Gasteiger partial charge in [-0.05, 0) is 31.8 Å². The highest BCUT2D eigenvalue weighted by Gasteiger charge is 2.10. The number of hydrogen-bond acceptors (Lipinski definition) is 4. The first-order valence-electron chi connectivity index (χ1n) is 8.75. The zero-order valence-electron chi connectivity index (χ0n) is 15.5. The Morgan fingerprint density at radius 3 is 2.72 bits per heavy atom. The van der Waals surface area contributed by atoms with Crippen LogP contribution in [-0.4, -0.2) is 76.3 Å². The van der Waals surface area contributed by atoms with Crippen LogP contribution in [0.5, 0.6) is 0 Å². The smallest absolute Gasteiger partial charge is 0.191 e. The molecule has 0 atom stereocenters. The summed E-state index contributed by atoms with van der Waals surface area (Å²) in [5.74, 6) is 0.595. The Morgan fingerprint density at radius 1 is 1.28 bits per heavy atom. The van der Waals surface area contributed by atoms with E-state index < -0.39 is 0 Å². The molecule has 0 bridgehead atoms. The van der Waals surface area contributed by atoms with Crippen LogP contribution in [-0.2, 0) is 17.8 Å². The van der Waals surface area contributed by atoms with Crippen LogP contribution in [0.15, 0.2) is 23.2 Å². The maximum absolute atomic E-state index is 13.8. The molecule has 6 nitrogen and oxygen atoms in total.